The maximum absolute atomic E-state index is 12.5. The minimum absolute atomic E-state index is 0.206. The maximum atomic E-state index is 12.5. The van der Waals surface area contributed by atoms with E-state index in [1.54, 1.807) is 17.1 Å². The number of para-hydroxylation sites is 1. The van der Waals surface area contributed by atoms with E-state index < -0.39 is 0 Å². The minimum Gasteiger partial charge on any atom is -0.358 e. The van der Waals surface area contributed by atoms with Crippen LogP contribution in [0.3, 0.4) is 0 Å². The van der Waals surface area contributed by atoms with E-state index in [1.807, 2.05) is 19.2 Å². The number of carbonyl (C=O) groups is 1. The number of benzene rings is 1. The van der Waals surface area contributed by atoms with Crippen LogP contribution in [0.4, 0.5) is 0 Å². The topological polar surface area (TPSA) is 88.7 Å². The Morgan fingerprint density at radius 1 is 1.31 bits per heavy atom. The first kappa shape index (κ1) is 16.1. The fraction of sp³-hybridized carbons (Fsp3) is 0.211. The van der Waals surface area contributed by atoms with Gasteiger partial charge in [0.25, 0.3) is 5.91 Å². The Labute approximate surface area is 150 Å². The number of hydrogen-bond donors (Lipinski definition) is 2. The van der Waals surface area contributed by atoms with Crippen LogP contribution in [0, 0.1) is 6.92 Å². The Kier molecular flexibility index (Phi) is 4.04. The van der Waals surface area contributed by atoms with E-state index in [-0.39, 0.29) is 5.91 Å². The van der Waals surface area contributed by atoms with Crippen molar-refractivity contribution in [3.8, 4) is 11.3 Å². The predicted octanol–water partition coefficient (Wildman–Crippen LogP) is 2.84. The molecule has 4 aromatic rings. The van der Waals surface area contributed by atoms with E-state index in [2.05, 4.69) is 39.6 Å². The second kappa shape index (κ2) is 6.51. The van der Waals surface area contributed by atoms with Crippen LogP contribution in [0.5, 0.6) is 0 Å². The van der Waals surface area contributed by atoms with Crippen molar-refractivity contribution < 1.29 is 9.32 Å². The number of H-pyrrole nitrogens is 1. The molecule has 4 rings (SSSR count). The molecular formula is C19H19N5O2. The Balaban J connectivity index is 1.47. The van der Waals surface area contributed by atoms with Crippen molar-refractivity contribution in [2.45, 2.75) is 13.3 Å². The van der Waals surface area contributed by atoms with Crippen LogP contribution >= 0.6 is 0 Å². The molecule has 0 saturated carbocycles. The lowest BCUT2D eigenvalue weighted by Crippen LogP contribution is -2.25. The highest BCUT2D eigenvalue weighted by Crippen LogP contribution is 2.24. The summed E-state index contributed by atoms with van der Waals surface area (Å²) in [7, 11) is 1.81. The largest absolute Gasteiger partial charge is 0.358 e. The first-order valence-corrected chi connectivity index (χ1v) is 8.41. The highest BCUT2D eigenvalue weighted by Gasteiger charge is 2.19. The standard InChI is InChI=1S/C19H19N5O2/c1-12-14(15-5-3-4-6-17(15)23-12)7-8-20-19(25)16-10-22-26-18(16)13-9-21-24(2)11-13/h3-6,9-11,23H,7-8H2,1-2H3,(H,20,25). The van der Waals surface area contributed by atoms with Crippen LogP contribution in [0.15, 0.2) is 47.4 Å². The number of fused-ring (bicyclic) bond motifs is 1. The lowest BCUT2D eigenvalue weighted by atomic mass is 10.1. The van der Waals surface area contributed by atoms with Crippen LogP contribution in [0.1, 0.15) is 21.6 Å². The second-order valence-corrected chi connectivity index (χ2v) is 6.25. The van der Waals surface area contributed by atoms with Gasteiger partial charge in [0.2, 0.25) is 0 Å². The van der Waals surface area contributed by atoms with Crippen molar-refractivity contribution in [3.63, 3.8) is 0 Å². The van der Waals surface area contributed by atoms with Crippen LogP contribution in [0.25, 0.3) is 22.2 Å². The van der Waals surface area contributed by atoms with Gasteiger partial charge in [-0.1, -0.05) is 23.4 Å². The molecule has 0 spiro atoms. The van der Waals surface area contributed by atoms with Gasteiger partial charge in [0.15, 0.2) is 5.76 Å². The molecule has 26 heavy (non-hydrogen) atoms. The zero-order valence-corrected chi connectivity index (χ0v) is 14.6. The molecular weight excluding hydrogens is 330 g/mol. The molecule has 0 aliphatic rings. The first-order valence-electron chi connectivity index (χ1n) is 8.41. The smallest absolute Gasteiger partial charge is 0.256 e. The van der Waals surface area contributed by atoms with E-state index in [0.717, 1.165) is 23.2 Å². The molecule has 1 amide bonds. The Morgan fingerprint density at radius 2 is 2.15 bits per heavy atom. The van der Waals surface area contributed by atoms with Crippen molar-refractivity contribution in [3.05, 3.63) is 59.7 Å². The summed E-state index contributed by atoms with van der Waals surface area (Å²) in [6.45, 7) is 2.58. The number of carbonyl (C=O) groups excluding carboxylic acids is 1. The van der Waals surface area contributed by atoms with Gasteiger partial charge in [-0.15, -0.1) is 0 Å². The maximum Gasteiger partial charge on any atom is 0.256 e. The lowest BCUT2D eigenvalue weighted by molar-refractivity contribution is 0.0954. The molecule has 2 N–H and O–H groups in total. The molecule has 7 heteroatoms. The molecule has 132 valence electrons. The summed E-state index contributed by atoms with van der Waals surface area (Å²) in [6, 6.07) is 8.18. The average molecular weight is 349 g/mol. The molecule has 1 aromatic carbocycles. The molecule has 7 nitrogen and oxygen atoms in total. The van der Waals surface area contributed by atoms with E-state index in [0.29, 0.717) is 17.9 Å². The fourth-order valence-electron chi connectivity index (χ4n) is 3.20. The number of nitrogens with zero attached hydrogens (tertiary/aromatic N) is 3. The van der Waals surface area contributed by atoms with E-state index in [4.69, 9.17) is 4.52 Å². The van der Waals surface area contributed by atoms with Gasteiger partial charge in [0.05, 0.1) is 18.0 Å². The normalized spacial score (nSPS) is 11.2. The van der Waals surface area contributed by atoms with Crippen molar-refractivity contribution in [1.82, 2.24) is 25.2 Å². The number of amides is 1. The lowest BCUT2D eigenvalue weighted by Gasteiger charge is -2.05. The number of nitrogens with one attached hydrogen (secondary N) is 2. The summed E-state index contributed by atoms with van der Waals surface area (Å²) in [5, 5.41) is 12.0. The number of rotatable bonds is 5. The fourth-order valence-corrected chi connectivity index (χ4v) is 3.20. The molecule has 0 radical (unpaired) electrons. The van der Waals surface area contributed by atoms with Gasteiger partial charge in [-0.3, -0.25) is 9.48 Å². The molecule has 0 unspecified atom stereocenters. The Bertz CT molecular complexity index is 1070. The molecule has 0 bridgehead atoms. The highest BCUT2D eigenvalue weighted by molar-refractivity contribution is 5.99. The number of hydrogen-bond acceptors (Lipinski definition) is 4. The summed E-state index contributed by atoms with van der Waals surface area (Å²) in [6.07, 6.45) is 5.61. The predicted molar refractivity (Wildman–Crippen MR) is 97.8 cm³/mol. The van der Waals surface area contributed by atoms with E-state index in [1.165, 1.54) is 17.1 Å². The number of aromatic nitrogens is 4. The minimum atomic E-state index is -0.206. The van der Waals surface area contributed by atoms with E-state index in [9.17, 15) is 4.79 Å². The summed E-state index contributed by atoms with van der Waals surface area (Å²) in [5.74, 6) is 0.224. The van der Waals surface area contributed by atoms with Gasteiger partial charge in [-0.25, -0.2) is 0 Å². The van der Waals surface area contributed by atoms with Gasteiger partial charge in [-0.05, 0) is 25.0 Å². The van der Waals surface area contributed by atoms with Crippen LogP contribution in [-0.2, 0) is 13.5 Å². The van der Waals surface area contributed by atoms with Crippen molar-refractivity contribution in [1.29, 1.82) is 0 Å². The van der Waals surface area contributed by atoms with Crippen LogP contribution in [-0.4, -0.2) is 32.4 Å². The van der Waals surface area contributed by atoms with Gasteiger partial charge in [0.1, 0.15) is 5.56 Å². The highest BCUT2D eigenvalue weighted by atomic mass is 16.5. The third-order valence-corrected chi connectivity index (χ3v) is 4.47. The van der Waals surface area contributed by atoms with Gasteiger partial charge in [-0.2, -0.15) is 5.10 Å². The summed E-state index contributed by atoms with van der Waals surface area (Å²) in [4.78, 5) is 15.9. The Morgan fingerprint density at radius 3 is 2.96 bits per heavy atom. The zero-order valence-electron chi connectivity index (χ0n) is 14.6. The average Bonchev–Trinajstić information content (AvgIpc) is 3.33. The molecule has 3 aromatic heterocycles. The van der Waals surface area contributed by atoms with E-state index >= 15 is 0 Å². The SMILES string of the molecule is Cc1[nH]c2ccccc2c1CCNC(=O)c1cnoc1-c1cnn(C)c1. The third kappa shape index (κ3) is 2.88. The quantitative estimate of drug-likeness (QED) is 0.580. The molecule has 0 aliphatic carbocycles. The number of aryl methyl sites for hydroxylation is 2. The Hall–Kier alpha value is -3.35. The van der Waals surface area contributed by atoms with Crippen molar-refractivity contribution >= 4 is 16.8 Å². The van der Waals surface area contributed by atoms with Crippen LogP contribution in [0.2, 0.25) is 0 Å². The second-order valence-electron chi connectivity index (χ2n) is 6.25. The van der Waals surface area contributed by atoms with Crippen LogP contribution < -0.4 is 5.32 Å². The van der Waals surface area contributed by atoms with Crippen molar-refractivity contribution in [2.75, 3.05) is 6.54 Å². The van der Waals surface area contributed by atoms with Gasteiger partial charge in [0, 0.05) is 36.4 Å². The molecule has 0 fully saturated rings. The molecule has 0 atom stereocenters. The molecule has 3 heterocycles. The first-order chi connectivity index (χ1) is 12.6. The van der Waals surface area contributed by atoms with Crippen molar-refractivity contribution in [2.24, 2.45) is 7.05 Å². The summed E-state index contributed by atoms with van der Waals surface area (Å²) >= 11 is 0. The number of aromatic amines is 1. The third-order valence-electron chi connectivity index (χ3n) is 4.47. The molecule has 0 aliphatic heterocycles. The van der Waals surface area contributed by atoms with Gasteiger partial charge < -0.3 is 14.8 Å². The summed E-state index contributed by atoms with van der Waals surface area (Å²) < 4.78 is 6.90. The zero-order chi connectivity index (χ0) is 18.1. The monoisotopic (exact) mass is 349 g/mol. The van der Waals surface area contributed by atoms with Gasteiger partial charge >= 0.3 is 0 Å². The summed E-state index contributed by atoms with van der Waals surface area (Å²) in [5.41, 5.74) is 4.60. The molecule has 0 saturated heterocycles.